The number of aromatic nitrogens is 1. The van der Waals surface area contributed by atoms with Gasteiger partial charge < -0.3 is 14.1 Å². The zero-order chi connectivity index (χ0) is 18.0. The summed E-state index contributed by atoms with van der Waals surface area (Å²) in [7, 11) is 0. The smallest absolute Gasteiger partial charge is 0.223 e. The Morgan fingerprint density at radius 1 is 1.36 bits per heavy atom. The second-order valence-corrected chi connectivity index (χ2v) is 7.13. The fraction of sp³-hybridized carbons (Fsp3) is 0.444. The van der Waals surface area contributed by atoms with Crippen LogP contribution in [-0.4, -0.2) is 41.1 Å². The first-order valence-corrected chi connectivity index (χ1v) is 9.01. The number of oxazole rings is 1. The third-order valence-corrected chi connectivity index (χ3v) is 4.78. The molecule has 2 unspecified atom stereocenters. The van der Waals surface area contributed by atoms with Gasteiger partial charge in [-0.25, -0.2) is 4.98 Å². The number of carbonyl (C=O) groups excluding carboxylic acids is 1. The van der Waals surface area contributed by atoms with Gasteiger partial charge in [0, 0.05) is 30.0 Å². The highest BCUT2D eigenvalue weighted by Crippen LogP contribution is 2.30. The third kappa shape index (κ3) is 4.35. The molecule has 1 amide bonds. The molecule has 2 heterocycles. The molecule has 0 saturated carbocycles. The van der Waals surface area contributed by atoms with Gasteiger partial charge >= 0.3 is 0 Å². The number of aryl methyl sites for hydroxylation is 1. The Balaban J connectivity index is 1.63. The third-order valence-electron chi connectivity index (χ3n) is 4.23. The zero-order valence-corrected chi connectivity index (χ0v) is 15.7. The molecule has 0 radical (unpaired) electrons. The van der Waals surface area contributed by atoms with Crippen molar-refractivity contribution in [3.8, 4) is 11.3 Å². The summed E-state index contributed by atoms with van der Waals surface area (Å²) in [5.74, 6) is 1.17. The number of ether oxygens (including phenoxy) is 1. The zero-order valence-electron chi connectivity index (χ0n) is 14.2. The molecule has 1 aromatic heterocycles. The lowest BCUT2D eigenvalue weighted by molar-refractivity contribution is -0.143. The van der Waals surface area contributed by atoms with Gasteiger partial charge in [-0.2, -0.15) is 0 Å². The van der Waals surface area contributed by atoms with E-state index in [-0.39, 0.29) is 18.1 Å². The van der Waals surface area contributed by atoms with Crippen LogP contribution in [0.2, 0.25) is 10.0 Å². The van der Waals surface area contributed by atoms with Crippen molar-refractivity contribution in [2.24, 2.45) is 0 Å². The SMILES string of the molecule is CC1CN(C(=O)CCc2ncc(-c3ccc(Cl)cc3Cl)o2)C(C)CO1. The predicted octanol–water partition coefficient (Wildman–Crippen LogP) is 4.22. The van der Waals surface area contributed by atoms with Crippen molar-refractivity contribution in [2.45, 2.75) is 38.8 Å². The van der Waals surface area contributed by atoms with Gasteiger partial charge in [0.25, 0.3) is 0 Å². The Morgan fingerprint density at radius 3 is 2.92 bits per heavy atom. The molecular formula is C18H20Cl2N2O3. The highest BCUT2D eigenvalue weighted by Gasteiger charge is 2.27. The molecule has 1 aliphatic heterocycles. The van der Waals surface area contributed by atoms with E-state index in [4.69, 9.17) is 32.4 Å². The molecule has 0 spiro atoms. The van der Waals surface area contributed by atoms with Crippen LogP contribution in [0.15, 0.2) is 28.8 Å². The van der Waals surface area contributed by atoms with Gasteiger partial charge in [-0.3, -0.25) is 4.79 Å². The number of rotatable bonds is 4. The molecule has 2 aromatic rings. The molecule has 3 rings (SSSR count). The molecule has 0 aliphatic carbocycles. The summed E-state index contributed by atoms with van der Waals surface area (Å²) in [6, 6.07) is 5.29. The molecule has 1 fully saturated rings. The minimum Gasteiger partial charge on any atom is -0.441 e. The first-order chi connectivity index (χ1) is 11.9. The van der Waals surface area contributed by atoms with Crippen LogP contribution in [0.5, 0.6) is 0 Å². The lowest BCUT2D eigenvalue weighted by Gasteiger charge is -2.36. The average Bonchev–Trinajstić information content (AvgIpc) is 3.03. The number of nitrogens with zero attached hydrogens (tertiary/aromatic N) is 2. The van der Waals surface area contributed by atoms with Crippen LogP contribution in [-0.2, 0) is 16.0 Å². The van der Waals surface area contributed by atoms with E-state index in [1.807, 2.05) is 18.7 Å². The number of benzene rings is 1. The molecule has 0 bridgehead atoms. The Morgan fingerprint density at radius 2 is 2.16 bits per heavy atom. The van der Waals surface area contributed by atoms with Gasteiger partial charge in [0.05, 0.1) is 30.0 Å². The van der Waals surface area contributed by atoms with E-state index in [2.05, 4.69) is 4.98 Å². The van der Waals surface area contributed by atoms with Crippen LogP contribution in [0, 0.1) is 0 Å². The number of halogens is 2. The van der Waals surface area contributed by atoms with E-state index < -0.39 is 0 Å². The molecule has 5 nitrogen and oxygen atoms in total. The van der Waals surface area contributed by atoms with Crippen molar-refractivity contribution < 1.29 is 13.9 Å². The lowest BCUT2D eigenvalue weighted by Crippen LogP contribution is -2.50. The molecular weight excluding hydrogens is 363 g/mol. The first-order valence-electron chi connectivity index (χ1n) is 8.25. The number of hydrogen-bond acceptors (Lipinski definition) is 4. The molecule has 1 saturated heterocycles. The van der Waals surface area contributed by atoms with E-state index in [9.17, 15) is 4.79 Å². The topological polar surface area (TPSA) is 55.6 Å². The van der Waals surface area contributed by atoms with Crippen LogP contribution in [0.4, 0.5) is 0 Å². The average molecular weight is 383 g/mol. The standard InChI is InChI=1S/C18H20Cl2N2O3/c1-11-10-24-12(2)9-22(11)18(23)6-5-17-21-8-16(25-17)14-4-3-13(19)7-15(14)20/h3-4,7-8,11-12H,5-6,9-10H2,1-2H3. The maximum atomic E-state index is 12.5. The summed E-state index contributed by atoms with van der Waals surface area (Å²) in [5.41, 5.74) is 0.728. The Hall–Kier alpha value is -1.56. The van der Waals surface area contributed by atoms with Crippen molar-refractivity contribution in [2.75, 3.05) is 13.2 Å². The molecule has 25 heavy (non-hydrogen) atoms. The van der Waals surface area contributed by atoms with Crippen molar-refractivity contribution in [1.82, 2.24) is 9.88 Å². The van der Waals surface area contributed by atoms with Crippen LogP contribution < -0.4 is 0 Å². The Bertz CT molecular complexity index is 763. The van der Waals surface area contributed by atoms with Gasteiger partial charge in [-0.05, 0) is 32.0 Å². The van der Waals surface area contributed by atoms with Gasteiger partial charge in [0.1, 0.15) is 0 Å². The summed E-state index contributed by atoms with van der Waals surface area (Å²) >= 11 is 12.1. The first kappa shape index (κ1) is 18.2. The Kier molecular flexibility index (Phi) is 5.67. The van der Waals surface area contributed by atoms with Crippen molar-refractivity contribution >= 4 is 29.1 Å². The van der Waals surface area contributed by atoms with Crippen molar-refractivity contribution in [3.63, 3.8) is 0 Å². The minimum absolute atomic E-state index is 0.0699. The summed E-state index contributed by atoms with van der Waals surface area (Å²) in [4.78, 5) is 18.6. The fourth-order valence-corrected chi connectivity index (χ4v) is 3.35. The van der Waals surface area contributed by atoms with Crippen molar-refractivity contribution in [1.29, 1.82) is 0 Å². The summed E-state index contributed by atoms with van der Waals surface area (Å²) in [6.07, 6.45) is 2.49. The maximum absolute atomic E-state index is 12.5. The normalized spacial score (nSPS) is 20.7. The van der Waals surface area contributed by atoms with E-state index in [0.29, 0.717) is 47.7 Å². The van der Waals surface area contributed by atoms with Gasteiger partial charge in [0.15, 0.2) is 11.7 Å². The molecule has 7 heteroatoms. The summed E-state index contributed by atoms with van der Waals surface area (Å²) in [5, 5.41) is 1.07. The number of amides is 1. The molecule has 0 N–H and O–H groups in total. The number of morpholine rings is 1. The predicted molar refractivity (Wildman–Crippen MR) is 96.9 cm³/mol. The molecule has 1 aliphatic rings. The largest absolute Gasteiger partial charge is 0.441 e. The minimum atomic E-state index is 0.0699. The maximum Gasteiger partial charge on any atom is 0.223 e. The quantitative estimate of drug-likeness (QED) is 0.794. The molecule has 134 valence electrons. The monoisotopic (exact) mass is 382 g/mol. The van der Waals surface area contributed by atoms with Crippen molar-refractivity contribution in [3.05, 3.63) is 40.3 Å². The fourth-order valence-electron chi connectivity index (χ4n) is 2.85. The van der Waals surface area contributed by atoms with Crippen LogP contribution in [0.1, 0.15) is 26.2 Å². The second kappa shape index (κ2) is 7.77. The summed E-state index contributed by atoms with van der Waals surface area (Å²) in [6.45, 7) is 5.17. The second-order valence-electron chi connectivity index (χ2n) is 6.28. The lowest BCUT2D eigenvalue weighted by atomic mass is 10.1. The van der Waals surface area contributed by atoms with Crippen LogP contribution in [0.25, 0.3) is 11.3 Å². The summed E-state index contributed by atoms with van der Waals surface area (Å²) < 4.78 is 11.3. The van der Waals surface area contributed by atoms with E-state index in [1.165, 1.54) is 0 Å². The Labute approximate surface area is 156 Å². The van der Waals surface area contributed by atoms with Crippen LogP contribution in [0.3, 0.4) is 0 Å². The molecule has 1 aromatic carbocycles. The number of carbonyl (C=O) groups is 1. The van der Waals surface area contributed by atoms with Gasteiger partial charge in [0.2, 0.25) is 5.91 Å². The molecule has 2 atom stereocenters. The number of hydrogen-bond donors (Lipinski definition) is 0. The highest BCUT2D eigenvalue weighted by molar-refractivity contribution is 6.36. The van der Waals surface area contributed by atoms with Gasteiger partial charge in [-0.15, -0.1) is 0 Å². The van der Waals surface area contributed by atoms with Gasteiger partial charge in [-0.1, -0.05) is 23.2 Å². The van der Waals surface area contributed by atoms with E-state index >= 15 is 0 Å². The van der Waals surface area contributed by atoms with E-state index in [1.54, 1.807) is 24.4 Å². The van der Waals surface area contributed by atoms with Crippen LogP contribution >= 0.6 is 23.2 Å². The highest BCUT2D eigenvalue weighted by atomic mass is 35.5. The van der Waals surface area contributed by atoms with E-state index in [0.717, 1.165) is 5.56 Å².